The van der Waals surface area contributed by atoms with Gasteiger partial charge in [0.2, 0.25) is 0 Å². The fourth-order valence-electron chi connectivity index (χ4n) is 1.35. The predicted molar refractivity (Wildman–Crippen MR) is 65.6 cm³/mol. The summed E-state index contributed by atoms with van der Waals surface area (Å²) in [5, 5.41) is 4.65. The fourth-order valence-corrected chi connectivity index (χ4v) is 1.93. The Labute approximate surface area is 101 Å². The Bertz CT molecular complexity index is 624. The summed E-state index contributed by atoms with van der Waals surface area (Å²) in [5.74, 6) is 0. The van der Waals surface area contributed by atoms with Crippen molar-refractivity contribution in [2.45, 2.75) is 6.54 Å². The van der Waals surface area contributed by atoms with Gasteiger partial charge in [0.05, 0.1) is 6.54 Å². The molecule has 0 atom stereocenters. The van der Waals surface area contributed by atoms with Crippen LogP contribution in [0.2, 0.25) is 0 Å². The molecule has 1 aromatic heterocycles. The van der Waals surface area contributed by atoms with Crippen LogP contribution < -0.4 is 4.72 Å². The Morgan fingerprint density at radius 2 is 2.12 bits per heavy atom. The SMILES string of the molecule is CN(C)S(=O)(=O)NCc1noc2ccccc12.[HH]. The van der Waals surface area contributed by atoms with Gasteiger partial charge in [-0.15, -0.1) is 0 Å². The van der Waals surface area contributed by atoms with Crippen LogP contribution >= 0.6 is 0 Å². The van der Waals surface area contributed by atoms with Crippen molar-refractivity contribution in [3.63, 3.8) is 0 Å². The first-order valence-electron chi connectivity index (χ1n) is 5.01. The number of fused-ring (bicyclic) bond motifs is 1. The second-order valence-electron chi connectivity index (χ2n) is 3.73. The quantitative estimate of drug-likeness (QED) is 0.885. The Balaban J connectivity index is 0.00000162. The van der Waals surface area contributed by atoms with Gasteiger partial charge in [0.25, 0.3) is 10.2 Å². The highest BCUT2D eigenvalue weighted by atomic mass is 32.2. The number of hydrogen-bond donors (Lipinski definition) is 1. The lowest BCUT2D eigenvalue weighted by Crippen LogP contribution is -2.35. The molecule has 2 aromatic rings. The number of aromatic nitrogens is 1. The van der Waals surface area contributed by atoms with Crippen molar-refractivity contribution in [2.24, 2.45) is 0 Å². The summed E-state index contributed by atoms with van der Waals surface area (Å²) in [7, 11) is -0.518. The van der Waals surface area contributed by atoms with Crippen LogP contribution in [-0.2, 0) is 16.8 Å². The molecule has 0 amide bonds. The fraction of sp³-hybridized carbons (Fsp3) is 0.300. The molecule has 17 heavy (non-hydrogen) atoms. The molecular weight excluding hydrogens is 242 g/mol. The highest BCUT2D eigenvalue weighted by molar-refractivity contribution is 7.87. The molecule has 0 spiro atoms. The topological polar surface area (TPSA) is 75.4 Å². The van der Waals surface area contributed by atoms with Gasteiger partial charge >= 0.3 is 0 Å². The molecule has 0 aliphatic rings. The number of nitrogens with one attached hydrogen (secondary N) is 1. The number of nitrogens with zero attached hydrogens (tertiary/aromatic N) is 2. The minimum absolute atomic E-state index is 0. The molecule has 0 aliphatic heterocycles. The van der Waals surface area contributed by atoms with E-state index < -0.39 is 10.2 Å². The number of benzene rings is 1. The van der Waals surface area contributed by atoms with Gasteiger partial charge in [-0.2, -0.15) is 17.4 Å². The summed E-state index contributed by atoms with van der Waals surface area (Å²) in [6.07, 6.45) is 0. The standard InChI is InChI=1S/C10H13N3O3S.H2/c1-13(2)17(14,15)11-7-9-8-5-3-4-6-10(8)16-12-9;/h3-6,11H,7H2,1-2H3;1H. The maximum atomic E-state index is 11.5. The summed E-state index contributed by atoms with van der Waals surface area (Å²) >= 11 is 0. The average molecular weight is 257 g/mol. The van der Waals surface area contributed by atoms with E-state index in [9.17, 15) is 8.42 Å². The second kappa shape index (κ2) is 4.44. The van der Waals surface area contributed by atoms with E-state index in [1.165, 1.54) is 14.1 Å². The maximum absolute atomic E-state index is 11.5. The van der Waals surface area contributed by atoms with Gasteiger partial charge in [-0.25, -0.2) is 0 Å². The van der Waals surface area contributed by atoms with Crippen molar-refractivity contribution >= 4 is 21.2 Å². The average Bonchev–Trinajstić information content (AvgIpc) is 2.69. The molecule has 0 saturated carbocycles. The molecule has 0 unspecified atom stereocenters. The zero-order valence-electron chi connectivity index (χ0n) is 9.54. The summed E-state index contributed by atoms with van der Waals surface area (Å²) < 4.78 is 31.6. The van der Waals surface area contributed by atoms with E-state index >= 15 is 0 Å². The first-order chi connectivity index (χ1) is 8.00. The third-order valence-electron chi connectivity index (χ3n) is 2.35. The first kappa shape index (κ1) is 12.0. The summed E-state index contributed by atoms with van der Waals surface area (Å²) in [6, 6.07) is 7.31. The molecule has 0 saturated heterocycles. The molecule has 2 rings (SSSR count). The number of rotatable bonds is 4. The Morgan fingerprint density at radius 1 is 1.41 bits per heavy atom. The first-order valence-corrected chi connectivity index (χ1v) is 6.45. The van der Waals surface area contributed by atoms with Crippen LogP contribution in [0.4, 0.5) is 0 Å². The van der Waals surface area contributed by atoms with Crippen LogP contribution in [0.5, 0.6) is 0 Å². The van der Waals surface area contributed by atoms with E-state index in [4.69, 9.17) is 4.52 Å². The lowest BCUT2D eigenvalue weighted by Gasteiger charge is -2.10. The molecule has 1 aromatic carbocycles. The van der Waals surface area contributed by atoms with Crippen LogP contribution in [0, 0.1) is 0 Å². The predicted octanol–water partition coefficient (Wildman–Crippen LogP) is 0.970. The van der Waals surface area contributed by atoms with E-state index in [1.807, 2.05) is 18.2 Å². The second-order valence-corrected chi connectivity index (χ2v) is 5.70. The van der Waals surface area contributed by atoms with E-state index in [0.29, 0.717) is 11.3 Å². The summed E-state index contributed by atoms with van der Waals surface area (Å²) in [4.78, 5) is 0. The summed E-state index contributed by atoms with van der Waals surface area (Å²) in [5.41, 5.74) is 1.22. The van der Waals surface area contributed by atoms with E-state index in [0.717, 1.165) is 9.69 Å². The zero-order chi connectivity index (χ0) is 12.5. The van der Waals surface area contributed by atoms with E-state index in [2.05, 4.69) is 9.88 Å². The van der Waals surface area contributed by atoms with Crippen LogP contribution in [0.25, 0.3) is 11.0 Å². The van der Waals surface area contributed by atoms with E-state index in [1.54, 1.807) is 6.07 Å². The van der Waals surface area contributed by atoms with E-state index in [-0.39, 0.29) is 7.97 Å². The molecule has 0 bridgehead atoms. The van der Waals surface area contributed by atoms with Gasteiger partial charge < -0.3 is 4.52 Å². The van der Waals surface area contributed by atoms with Crippen LogP contribution in [0.15, 0.2) is 28.8 Å². The molecule has 0 radical (unpaired) electrons. The molecule has 94 valence electrons. The molecule has 1 N–H and O–H groups in total. The highest BCUT2D eigenvalue weighted by Gasteiger charge is 2.15. The normalized spacial score (nSPS) is 12.4. The van der Waals surface area contributed by atoms with Crippen molar-refractivity contribution in [1.82, 2.24) is 14.2 Å². The van der Waals surface area contributed by atoms with Gasteiger partial charge in [0.15, 0.2) is 5.58 Å². The highest BCUT2D eigenvalue weighted by Crippen LogP contribution is 2.17. The molecule has 6 nitrogen and oxygen atoms in total. The molecule has 0 fully saturated rings. The smallest absolute Gasteiger partial charge is 0.279 e. The Morgan fingerprint density at radius 3 is 2.82 bits per heavy atom. The Hall–Kier alpha value is -1.44. The largest absolute Gasteiger partial charge is 0.356 e. The lowest BCUT2D eigenvalue weighted by atomic mass is 10.2. The van der Waals surface area contributed by atoms with Crippen molar-refractivity contribution < 1.29 is 14.4 Å². The van der Waals surface area contributed by atoms with Crippen molar-refractivity contribution in [1.29, 1.82) is 0 Å². The van der Waals surface area contributed by atoms with Crippen LogP contribution in [-0.4, -0.2) is 32.0 Å². The monoisotopic (exact) mass is 257 g/mol. The molecule has 1 heterocycles. The van der Waals surface area contributed by atoms with Gasteiger partial charge in [0, 0.05) is 20.9 Å². The number of para-hydroxylation sites is 1. The minimum atomic E-state index is -3.44. The third kappa shape index (κ3) is 2.46. The van der Waals surface area contributed by atoms with Crippen molar-refractivity contribution in [3.05, 3.63) is 30.0 Å². The number of hydrogen-bond acceptors (Lipinski definition) is 4. The van der Waals surface area contributed by atoms with Gasteiger partial charge in [0.1, 0.15) is 5.69 Å². The summed E-state index contributed by atoms with van der Waals surface area (Å²) in [6.45, 7) is 0.109. The van der Waals surface area contributed by atoms with Crippen LogP contribution in [0.3, 0.4) is 0 Å². The minimum Gasteiger partial charge on any atom is -0.356 e. The van der Waals surface area contributed by atoms with Gasteiger partial charge in [-0.3, -0.25) is 0 Å². The zero-order valence-corrected chi connectivity index (χ0v) is 10.4. The molecule has 7 heteroatoms. The molecular formula is C10H15N3O3S. The van der Waals surface area contributed by atoms with Crippen molar-refractivity contribution in [2.75, 3.05) is 14.1 Å². The lowest BCUT2D eigenvalue weighted by molar-refractivity contribution is 0.443. The van der Waals surface area contributed by atoms with Gasteiger partial charge in [-0.05, 0) is 12.1 Å². The van der Waals surface area contributed by atoms with Crippen LogP contribution in [0.1, 0.15) is 7.12 Å². The maximum Gasteiger partial charge on any atom is 0.279 e. The van der Waals surface area contributed by atoms with Gasteiger partial charge in [-0.1, -0.05) is 17.3 Å². The van der Waals surface area contributed by atoms with Crippen molar-refractivity contribution in [3.8, 4) is 0 Å². The third-order valence-corrected chi connectivity index (χ3v) is 3.83. The Kier molecular flexibility index (Phi) is 3.14. The molecule has 0 aliphatic carbocycles.